The molecule has 0 spiro atoms. The molecule has 0 aliphatic carbocycles. The minimum absolute atomic E-state index is 0.0153. The second-order valence-corrected chi connectivity index (χ2v) is 6.29. The van der Waals surface area contributed by atoms with E-state index in [1.54, 1.807) is 7.11 Å². The van der Waals surface area contributed by atoms with Gasteiger partial charge in [0.2, 0.25) is 5.91 Å². The number of nitrogens with zero attached hydrogens (tertiary/aromatic N) is 2. The molecule has 0 unspecified atom stereocenters. The molecule has 0 saturated heterocycles. The highest BCUT2D eigenvalue weighted by Crippen LogP contribution is 2.31. The van der Waals surface area contributed by atoms with E-state index in [1.807, 2.05) is 55.4 Å². The van der Waals surface area contributed by atoms with E-state index in [0.29, 0.717) is 19.6 Å². The van der Waals surface area contributed by atoms with Crippen LogP contribution in [0.15, 0.2) is 36.4 Å². The Balaban J connectivity index is 1.60. The molecule has 0 bridgehead atoms. The summed E-state index contributed by atoms with van der Waals surface area (Å²) in [5.74, 6) is 2.21. The van der Waals surface area contributed by atoms with Crippen molar-refractivity contribution in [1.29, 1.82) is 0 Å². The summed E-state index contributed by atoms with van der Waals surface area (Å²) in [7, 11) is 5.51. The highest BCUT2D eigenvalue weighted by molar-refractivity contribution is 5.79. The summed E-state index contributed by atoms with van der Waals surface area (Å²) in [5.41, 5.74) is 1.86. The molecule has 1 amide bonds. The number of amides is 1. The summed E-state index contributed by atoms with van der Waals surface area (Å²) in [4.78, 5) is 18.9. The molecule has 0 saturated carbocycles. The van der Waals surface area contributed by atoms with Crippen LogP contribution in [-0.4, -0.2) is 38.7 Å². The number of carbonyl (C=O) groups excluding carboxylic acids is 1. The zero-order chi connectivity index (χ0) is 17.8. The number of methoxy groups -OCH3 is 1. The first-order valence-corrected chi connectivity index (χ1v) is 8.27. The number of hydrogen-bond acceptors (Lipinski definition) is 5. The standard InChI is InChI=1S/C19H23N3O3/c1-22(2)18-6-4-5-15(21-18)11-20-19(23)14-9-13-7-8-16(24-3)10-17(13)25-12-14/h4-8,10,14H,9,11-12H2,1-3H3,(H,20,23)/t14-/m0/s1. The highest BCUT2D eigenvalue weighted by Gasteiger charge is 2.26. The van der Waals surface area contributed by atoms with Crippen molar-refractivity contribution in [2.75, 3.05) is 32.7 Å². The van der Waals surface area contributed by atoms with Gasteiger partial charge in [-0.3, -0.25) is 4.79 Å². The van der Waals surface area contributed by atoms with Crippen LogP contribution in [-0.2, 0) is 17.8 Å². The van der Waals surface area contributed by atoms with Crippen molar-refractivity contribution in [3.8, 4) is 11.5 Å². The number of nitrogens with one attached hydrogen (secondary N) is 1. The normalized spacial score (nSPS) is 15.7. The fourth-order valence-corrected chi connectivity index (χ4v) is 2.78. The lowest BCUT2D eigenvalue weighted by Gasteiger charge is -2.25. The van der Waals surface area contributed by atoms with Gasteiger partial charge in [-0.15, -0.1) is 0 Å². The Labute approximate surface area is 147 Å². The third-order valence-electron chi connectivity index (χ3n) is 4.25. The quantitative estimate of drug-likeness (QED) is 0.901. The summed E-state index contributed by atoms with van der Waals surface area (Å²) >= 11 is 0. The summed E-state index contributed by atoms with van der Waals surface area (Å²) in [6.07, 6.45) is 0.663. The molecule has 1 aromatic carbocycles. The van der Waals surface area contributed by atoms with Crippen molar-refractivity contribution in [2.45, 2.75) is 13.0 Å². The lowest BCUT2D eigenvalue weighted by molar-refractivity contribution is -0.126. The number of anilines is 1. The molecule has 25 heavy (non-hydrogen) atoms. The predicted octanol–water partition coefficient (Wildman–Crippen LogP) is 2.02. The fraction of sp³-hybridized carbons (Fsp3) is 0.368. The fourth-order valence-electron chi connectivity index (χ4n) is 2.78. The molecular weight excluding hydrogens is 318 g/mol. The van der Waals surface area contributed by atoms with Gasteiger partial charge in [-0.2, -0.15) is 0 Å². The van der Waals surface area contributed by atoms with Crippen LogP contribution >= 0.6 is 0 Å². The van der Waals surface area contributed by atoms with E-state index in [0.717, 1.165) is 28.6 Å². The minimum atomic E-state index is -0.196. The molecule has 1 aliphatic rings. The number of aromatic nitrogens is 1. The molecule has 132 valence electrons. The van der Waals surface area contributed by atoms with Crippen molar-refractivity contribution in [1.82, 2.24) is 10.3 Å². The van der Waals surface area contributed by atoms with Crippen molar-refractivity contribution >= 4 is 11.7 Å². The third-order valence-corrected chi connectivity index (χ3v) is 4.25. The topological polar surface area (TPSA) is 63.7 Å². The zero-order valence-electron chi connectivity index (χ0n) is 14.8. The number of benzene rings is 1. The van der Waals surface area contributed by atoms with E-state index >= 15 is 0 Å². The molecule has 1 atom stereocenters. The van der Waals surface area contributed by atoms with Gasteiger partial charge in [0.15, 0.2) is 0 Å². The molecule has 0 fully saturated rings. The van der Waals surface area contributed by atoms with E-state index < -0.39 is 0 Å². The smallest absolute Gasteiger partial charge is 0.227 e. The maximum atomic E-state index is 12.5. The Hall–Kier alpha value is -2.76. The zero-order valence-corrected chi connectivity index (χ0v) is 14.8. The van der Waals surface area contributed by atoms with Crippen molar-refractivity contribution in [2.24, 2.45) is 5.92 Å². The molecule has 6 heteroatoms. The average Bonchev–Trinajstić information content (AvgIpc) is 2.65. The van der Waals surface area contributed by atoms with Gasteiger partial charge in [0.1, 0.15) is 23.9 Å². The van der Waals surface area contributed by atoms with Gasteiger partial charge in [0.25, 0.3) is 0 Å². The van der Waals surface area contributed by atoms with Crippen LogP contribution in [0.4, 0.5) is 5.82 Å². The SMILES string of the molecule is COc1ccc2c(c1)OC[C@@H](C(=O)NCc1cccc(N(C)C)n1)C2. The Morgan fingerprint density at radius 2 is 2.20 bits per heavy atom. The van der Waals surface area contributed by atoms with E-state index in [9.17, 15) is 4.79 Å². The van der Waals surface area contributed by atoms with Crippen molar-refractivity contribution in [3.05, 3.63) is 47.7 Å². The Morgan fingerprint density at radius 1 is 1.36 bits per heavy atom. The summed E-state index contributed by atoms with van der Waals surface area (Å²) in [6, 6.07) is 11.5. The number of pyridine rings is 1. The van der Waals surface area contributed by atoms with Crippen LogP contribution in [0.25, 0.3) is 0 Å². The molecular formula is C19H23N3O3. The second kappa shape index (κ2) is 7.42. The Morgan fingerprint density at radius 3 is 2.96 bits per heavy atom. The average molecular weight is 341 g/mol. The first-order chi connectivity index (χ1) is 12.1. The third kappa shape index (κ3) is 4.02. The molecule has 6 nitrogen and oxygen atoms in total. The first-order valence-electron chi connectivity index (χ1n) is 8.27. The van der Waals surface area contributed by atoms with Gasteiger partial charge in [0.05, 0.1) is 25.3 Å². The summed E-state index contributed by atoms with van der Waals surface area (Å²) < 4.78 is 10.9. The Bertz CT molecular complexity index is 761. The number of rotatable bonds is 5. The van der Waals surface area contributed by atoms with Crippen LogP contribution in [0.5, 0.6) is 11.5 Å². The summed E-state index contributed by atoms with van der Waals surface area (Å²) in [5, 5.41) is 2.96. The van der Waals surface area contributed by atoms with E-state index in [4.69, 9.17) is 9.47 Å². The molecule has 2 aromatic rings. The number of ether oxygens (including phenoxy) is 2. The van der Waals surface area contributed by atoms with Gasteiger partial charge >= 0.3 is 0 Å². The molecule has 1 aliphatic heterocycles. The number of carbonyl (C=O) groups is 1. The molecule has 0 radical (unpaired) electrons. The van der Waals surface area contributed by atoms with Crippen molar-refractivity contribution in [3.63, 3.8) is 0 Å². The first kappa shape index (κ1) is 17.1. The highest BCUT2D eigenvalue weighted by atomic mass is 16.5. The van der Waals surface area contributed by atoms with Gasteiger partial charge in [-0.25, -0.2) is 4.98 Å². The van der Waals surface area contributed by atoms with Gasteiger partial charge in [-0.1, -0.05) is 12.1 Å². The van der Waals surface area contributed by atoms with Crippen LogP contribution in [0.2, 0.25) is 0 Å². The van der Waals surface area contributed by atoms with E-state index in [1.165, 1.54) is 0 Å². The van der Waals surface area contributed by atoms with E-state index in [2.05, 4.69) is 10.3 Å². The maximum absolute atomic E-state index is 12.5. The second-order valence-electron chi connectivity index (χ2n) is 6.29. The monoisotopic (exact) mass is 341 g/mol. The van der Waals surface area contributed by atoms with Crippen LogP contribution < -0.4 is 19.7 Å². The minimum Gasteiger partial charge on any atom is -0.497 e. The molecule has 1 aromatic heterocycles. The molecule has 1 N–H and O–H groups in total. The number of fused-ring (bicyclic) bond motifs is 1. The number of hydrogen-bond donors (Lipinski definition) is 1. The van der Waals surface area contributed by atoms with Crippen LogP contribution in [0, 0.1) is 5.92 Å². The molecule has 2 heterocycles. The van der Waals surface area contributed by atoms with Gasteiger partial charge in [-0.05, 0) is 30.2 Å². The predicted molar refractivity (Wildman–Crippen MR) is 96.1 cm³/mol. The van der Waals surface area contributed by atoms with Crippen LogP contribution in [0.1, 0.15) is 11.3 Å². The largest absolute Gasteiger partial charge is 0.497 e. The van der Waals surface area contributed by atoms with Gasteiger partial charge < -0.3 is 19.7 Å². The summed E-state index contributed by atoms with van der Waals surface area (Å²) in [6.45, 7) is 0.781. The van der Waals surface area contributed by atoms with Crippen molar-refractivity contribution < 1.29 is 14.3 Å². The molecule has 3 rings (SSSR count). The lowest BCUT2D eigenvalue weighted by Crippen LogP contribution is -2.37. The maximum Gasteiger partial charge on any atom is 0.227 e. The Kier molecular flexibility index (Phi) is 5.07. The van der Waals surface area contributed by atoms with Crippen LogP contribution in [0.3, 0.4) is 0 Å². The lowest BCUT2D eigenvalue weighted by atomic mass is 9.96. The van der Waals surface area contributed by atoms with E-state index in [-0.39, 0.29) is 11.8 Å². The van der Waals surface area contributed by atoms with Gasteiger partial charge in [0, 0.05) is 20.2 Å².